The van der Waals surface area contributed by atoms with E-state index in [0.717, 1.165) is 5.56 Å². The van der Waals surface area contributed by atoms with E-state index in [4.69, 9.17) is 12.2 Å². The topological polar surface area (TPSA) is 36.4 Å². The van der Waals surface area contributed by atoms with Gasteiger partial charge in [0.05, 0.1) is 6.21 Å². The van der Waals surface area contributed by atoms with Gasteiger partial charge in [-0.1, -0.05) is 12.1 Å². The molecule has 2 aromatic rings. The van der Waals surface area contributed by atoms with Crippen molar-refractivity contribution in [3.05, 3.63) is 65.7 Å². The third-order valence-electron chi connectivity index (χ3n) is 2.35. The van der Waals surface area contributed by atoms with Crippen LogP contribution in [0.4, 0.5) is 14.5 Å². The molecular weight excluding hydrogens is 280 g/mol. The average molecular weight is 291 g/mol. The van der Waals surface area contributed by atoms with Gasteiger partial charge in [0.1, 0.15) is 11.6 Å². The van der Waals surface area contributed by atoms with Crippen molar-refractivity contribution in [3.63, 3.8) is 0 Å². The summed E-state index contributed by atoms with van der Waals surface area (Å²) in [4.78, 5) is 0. The second-order valence-electron chi connectivity index (χ2n) is 3.88. The van der Waals surface area contributed by atoms with Gasteiger partial charge in [0, 0.05) is 5.69 Å². The molecule has 20 heavy (non-hydrogen) atoms. The molecule has 3 nitrogen and oxygen atoms in total. The minimum Gasteiger partial charge on any atom is -0.331 e. The molecule has 0 fully saturated rings. The Bertz CT molecular complexity index is 609. The molecule has 0 heterocycles. The highest BCUT2D eigenvalue weighted by Gasteiger charge is 1.96. The predicted octanol–water partition coefficient (Wildman–Crippen LogP) is 3.29. The SMILES string of the molecule is Fc1ccc(C=NNC(=S)Nc2ccc(F)cc2)cc1. The molecular formula is C14H11F2N3S. The van der Waals surface area contributed by atoms with E-state index in [1.165, 1.54) is 30.5 Å². The van der Waals surface area contributed by atoms with E-state index < -0.39 is 0 Å². The van der Waals surface area contributed by atoms with Crippen molar-refractivity contribution < 1.29 is 8.78 Å². The second kappa shape index (κ2) is 6.72. The van der Waals surface area contributed by atoms with Gasteiger partial charge in [0.15, 0.2) is 5.11 Å². The van der Waals surface area contributed by atoms with Crippen LogP contribution in [0.3, 0.4) is 0 Å². The first-order chi connectivity index (χ1) is 9.63. The molecule has 0 saturated carbocycles. The standard InChI is InChI=1S/C14H11F2N3S/c15-11-3-1-10(2-4-11)9-17-19-14(20)18-13-7-5-12(16)6-8-13/h1-9H,(H2,18,19,20). The lowest BCUT2D eigenvalue weighted by Crippen LogP contribution is -2.23. The van der Waals surface area contributed by atoms with Crippen LogP contribution >= 0.6 is 12.2 Å². The molecule has 0 aliphatic rings. The largest absolute Gasteiger partial charge is 0.331 e. The van der Waals surface area contributed by atoms with E-state index in [2.05, 4.69) is 15.8 Å². The normalized spacial score (nSPS) is 10.5. The number of nitrogens with one attached hydrogen (secondary N) is 2. The molecule has 0 amide bonds. The van der Waals surface area contributed by atoms with E-state index in [-0.39, 0.29) is 16.7 Å². The smallest absolute Gasteiger partial charge is 0.191 e. The fraction of sp³-hybridized carbons (Fsp3) is 0. The number of hydrogen-bond donors (Lipinski definition) is 2. The minimum atomic E-state index is -0.316. The molecule has 0 atom stereocenters. The number of anilines is 1. The third kappa shape index (κ3) is 4.40. The third-order valence-corrected chi connectivity index (χ3v) is 2.55. The predicted molar refractivity (Wildman–Crippen MR) is 79.8 cm³/mol. The zero-order valence-corrected chi connectivity index (χ0v) is 11.1. The molecule has 2 rings (SSSR count). The van der Waals surface area contributed by atoms with E-state index in [9.17, 15) is 8.78 Å². The van der Waals surface area contributed by atoms with Gasteiger partial charge in [0.2, 0.25) is 0 Å². The van der Waals surface area contributed by atoms with Gasteiger partial charge >= 0.3 is 0 Å². The van der Waals surface area contributed by atoms with E-state index in [1.54, 1.807) is 24.3 Å². The van der Waals surface area contributed by atoms with Crippen LogP contribution in [0.5, 0.6) is 0 Å². The van der Waals surface area contributed by atoms with Gasteiger partial charge in [-0.25, -0.2) is 8.78 Å². The maximum absolute atomic E-state index is 12.7. The Labute approximate surface area is 120 Å². The van der Waals surface area contributed by atoms with Crippen LogP contribution in [0.1, 0.15) is 5.56 Å². The molecule has 0 aliphatic carbocycles. The van der Waals surface area contributed by atoms with E-state index in [0.29, 0.717) is 5.69 Å². The maximum atomic E-state index is 12.7. The number of nitrogens with zero attached hydrogens (tertiary/aromatic N) is 1. The highest BCUT2D eigenvalue weighted by atomic mass is 32.1. The quantitative estimate of drug-likeness (QED) is 0.517. The molecule has 0 aromatic heterocycles. The summed E-state index contributed by atoms with van der Waals surface area (Å²) < 4.78 is 25.4. The van der Waals surface area contributed by atoms with Crippen molar-refractivity contribution in [1.29, 1.82) is 0 Å². The summed E-state index contributed by atoms with van der Waals surface area (Å²) >= 11 is 5.02. The molecule has 0 aliphatic heterocycles. The summed E-state index contributed by atoms with van der Waals surface area (Å²) in [5.74, 6) is -0.618. The van der Waals surface area contributed by atoms with Crippen LogP contribution in [-0.2, 0) is 0 Å². The van der Waals surface area contributed by atoms with Crippen LogP contribution in [0.15, 0.2) is 53.6 Å². The van der Waals surface area contributed by atoms with Crippen molar-refractivity contribution in [3.8, 4) is 0 Å². The van der Waals surface area contributed by atoms with Crippen LogP contribution < -0.4 is 10.7 Å². The number of halogens is 2. The molecule has 6 heteroatoms. The highest BCUT2D eigenvalue weighted by Crippen LogP contribution is 2.07. The lowest BCUT2D eigenvalue weighted by Gasteiger charge is -2.06. The lowest BCUT2D eigenvalue weighted by molar-refractivity contribution is 0.627. The summed E-state index contributed by atoms with van der Waals surface area (Å²) in [6.45, 7) is 0. The molecule has 0 spiro atoms. The Morgan fingerprint density at radius 1 is 0.950 bits per heavy atom. The van der Waals surface area contributed by atoms with Gasteiger partial charge in [-0.2, -0.15) is 5.10 Å². The first kappa shape index (κ1) is 14.1. The summed E-state index contributed by atoms with van der Waals surface area (Å²) in [7, 11) is 0. The monoisotopic (exact) mass is 291 g/mol. The molecule has 2 N–H and O–H groups in total. The highest BCUT2D eigenvalue weighted by molar-refractivity contribution is 7.80. The van der Waals surface area contributed by atoms with Crippen molar-refractivity contribution in [2.24, 2.45) is 5.10 Å². The number of benzene rings is 2. The molecule has 0 radical (unpaired) electrons. The van der Waals surface area contributed by atoms with Crippen LogP contribution in [0.25, 0.3) is 0 Å². The van der Waals surface area contributed by atoms with Crippen LogP contribution in [0, 0.1) is 11.6 Å². The van der Waals surface area contributed by atoms with Crippen LogP contribution in [0.2, 0.25) is 0 Å². The Kier molecular flexibility index (Phi) is 4.73. The second-order valence-corrected chi connectivity index (χ2v) is 4.29. The number of thiocarbonyl (C=S) groups is 1. The fourth-order valence-corrected chi connectivity index (χ4v) is 1.58. The van der Waals surface area contributed by atoms with Crippen molar-refractivity contribution in [2.45, 2.75) is 0 Å². The number of hydrazone groups is 1. The van der Waals surface area contributed by atoms with Crippen LogP contribution in [-0.4, -0.2) is 11.3 Å². The van der Waals surface area contributed by atoms with E-state index in [1.807, 2.05) is 0 Å². The Morgan fingerprint density at radius 2 is 1.50 bits per heavy atom. The molecule has 0 unspecified atom stereocenters. The maximum Gasteiger partial charge on any atom is 0.191 e. The summed E-state index contributed by atoms with van der Waals surface area (Å²) in [6.07, 6.45) is 1.51. The van der Waals surface area contributed by atoms with Crippen molar-refractivity contribution in [1.82, 2.24) is 5.43 Å². The van der Waals surface area contributed by atoms with Gasteiger partial charge < -0.3 is 5.32 Å². The zero-order chi connectivity index (χ0) is 14.4. The number of rotatable bonds is 3. The molecule has 2 aromatic carbocycles. The lowest BCUT2D eigenvalue weighted by atomic mass is 10.2. The molecule has 0 saturated heterocycles. The van der Waals surface area contributed by atoms with Gasteiger partial charge in [-0.15, -0.1) is 0 Å². The fourth-order valence-electron chi connectivity index (χ4n) is 1.41. The summed E-state index contributed by atoms with van der Waals surface area (Å²) in [5, 5.41) is 7.03. The molecule has 0 bridgehead atoms. The first-order valence-corrected chi connectivity index (χ1v) is 6.15. The molecule has 102 valence electrons. The Morgan fingerprint density at radius 3 is 2.10 bits per heavy atom. The van der Waals surface area contributed by atoms with Gasteiger partial charge in [0.25, 0.3) is 0 Å². The Balaban J connectivity index is 1.85. The first-order valence-electron chi connectivity index (χ1n) is 5.75. The summed E-state index contributed by atoms with van der Waals surface area (Å²) in [6, 6.07) is 11.7. The number of hydrogen-bond acceptors (Lipinski definition) is 2. The van der Waals surface area contributed by atoms with Gasteiger partial charge in [-0.3, -0.25) is 5.43 Å². The average Bonchev–Trinajstić information content (AvgIpc) is 2.44. The van der Waals surface area contributed by atoms with E-state index >= 15 is 0 Å². The zero-order valence-electron chi connectivity index (χ0n) is 10.3. The summed E-state index contributed by atoms with van der Waals surface area (Å²) in [5.41, 5.74) is 4.00. The van der Waals surface area contributed by atoms with Gasteiger partial charge in [-0.05, 0) is 54.2 Å². The van der Waals surface area contributed by atoms with Crippen molar-refractivity contribution >= 4 is 29.2 Å². The van der Waals surface area contributed by atoms with Crippen molar-refractivity contribution in [2.75, 3.05) is 5.32 Å². The minimum absolute atomic E-state index is 0.273. The Hall–Kier alpha value is -2.34.